The van der Waals surface area contributed by atoms with Gasteiger partial charge in [-0.25, -0.2) is 8.42 Å². The highest BCUT2D eigenvalue weighted by Crippen LogP contribution is 2.39. The minimum Gasteiger partial charge on any atom is -0.323 e. The number of para-hydroxylation sites is 1. The van der Waals surface area contributed by atoms with Gasteiger partial charge in [0.25, 0.3) is 0 Å². The fraction of sp³-hybridized carbons (Fsp3) is 0.538. The standard InChI is InChI=1S/C13H19N3O2S/c14-15-12-3-1-2-4-13(12)19(17,18)16(11-7-8-11)9-10-5-6-10/h1-4,10-11,15H,5-9,14H2. The number of nitrogens with zero attached hydrogens (tertiary/aromatic N) is 1. The molecule has 0 unspecified atom stereocenters. The summed E-state index contributed by atoms with van der Waals surface area (Å²) in [7, 11) is -3.44. The normalized spacial score (nSPS) is 19.7. The van der Waals surface area contributed by atoms with Crippen LogP contribution >= 0.6 is 0 Å². The maximum Gasteiger partial charge on any atom is 0.245 e. The van der Waals surface area contributed by atoms with Crippen molar-refractivity contribution in [2.45, 2.75) is 36.6 Å². The Hall–Kier alpha value is -1.11. The van der Waals surface area contributed by atoms with Crippen molar-refractivity contribution >= 4 is 15.7 Å². The van der Waals surface area contributed by atoms with E-state index < -0.39 is 10.0 Å². The number of nitrogens with two attached hydrogens (primary N) is 1. The molecule has 3 rings (SSSR count). The van der Waals surface area contributed by atoms with Crippen LogP contribution in [0.5, 0.6) is 0 Å². The first-order chi connectivity index (χ1) is 9.13. The zero-order valence-electron chi connectivity index (χ0n) is 10.7. The van der Waals surface area contributed by atoms with Gasteiger partial charge in [0.2, 0.25) is 10.0 Å². The van der Waals surface area contributed by atoms with Crippen LogP contribution in [-0.4, -0.2) is 25.3 Å². The van der Waals surface area contributed by atoms with Gasteiger partial charge in [-0.2, -0.15) is 4.31 Å². The smallest absolute Gasteiger partial charge is 0.245 e. The molecule has 0 bridgehead atoms. The molecule has 5 nitrogen and oxygen atoms in total. The summed E-state index contributed by atoms with van der Waals surface area (Å²) in [4.78, 5) is 0.282. The summed E-state index contributed by atoms with van der Waals surface area (Å²) < 4.78 is 27.3. The molecule has 0 atom stereocenters. The van der Waals surface area contributed by atoms with Gasteiger partial charge in [-0.3, -0.25) is 5.84 Å². The minimum atomic E-state index is -3.44. The van der Waals surface area contributed by atoms with Crippen LogP contribution in [0.4, 0.5) is 5.69 Å². The van der Waals surface area contributed by atoms with Crippen LogP contribution in [0.1, 0.15) is 25.7 Å². The van der Waals surface area contributed by atoms with Crippen molar-refractivity contribution in [1.82, 2.24) is 4.31 Å². The summed E-state index contributed by atoms with van der Waals surface area (Å²) in [6.45, 7) is 0.659. The second-order valence-corrected chi connectivity index (χ2v) is 7.25. The average molecular weight is 281 g/mol. The molecule has 0 aromatic heterocycles. The monoisotopic (exact) mass is 281 g/mol. The quantitative estimate of drug-likeness (QED) is 0.612. The summed E-state index contributed by atoms with van der Waals surface area (Å²) in [6.07, 6.45) is 4.25. The van der Waals surface area contributed by atoms with Crippen LogP contribution in [0.3, 0.4) is 0 Å². The Labute approximate surface area is 113 Å². The lowest BCUT2D eigenvalue weighted by molar-refractivity contribution is 0.389. The fourth-order valence-corrected chi connectivity index (χ4v) is 4.22. The largest absolute Gasteiger partial charge is 0.323 e. The fourth-order valence-electron chi connectivity index (χ4n) is 2.30. The molecule has 6 heteroatoms. The van der Waals surface area contributed by atoms with E-state index in [-0.39, 0.29) is 10.9 Å². The molecule has 3 N–H and O–H groups in total. The summed E-state index contributed by atoms with van der Waals surface area (Å²) in [5.41, 5.74) is 2.94. The van der Waals surface area contributed by atoms with Crippen molar-refractivity contribution in [3.8, 4) is 0 Å². The highest BCUT2D eigenvalue weighted by atomic mass is 32.2. The van der Waals surface area contributed by atoms with Gasteiger partial charge < -0.3 is 5.43 Å². The first kappa shape index (κ1) is 12.9. The van der Waals surface area contributed by atoms with Gasteiger partial charge in [-0.1, -0.05) is 12.1 Å². The number of hydrogen-bond acceptors (Lipinski definition) is 4. The Kier molecular flexibility index (Phi) is 3.24. The third kappa shape index (κ3) is 2.61. The summed E-state index contributed by atoms with van der Waals surface area (Å²) in [5.74, 6) is 5.97. The summed E-state index contributed by atoms with van der Waals surface area (Å²) in [5, 5.41) is 0. The van der Waals surface area contributed by atoms with E-state index in [1.54, 1.807) is 28.6 Å². The number of benzene rings is 1. The van der Waals surface area contributed by atoms with E-state index in [2.05, 4.69) is 5.43 Å². The van der Waals surface area contributed by atoms with Crippen molar-refractivity contribution in [1.29, 1.82) is 0 Å². The highest BCUT2D eigenvalue weighted by molar-refractivity contribution is 7.89. The van der Waals surface area contributed by atoms with E-state index in [0.29, 0.717) is 18.2 Å². The van der Waals surface area contributed by atoms with Gasteiger partial charge in [0.05, 0.1) is 5.69 Å². The van der Waals surface area contributed by atoms with Gasteiger partial charge in [-0.15, -0.1) is 0 Å². The SMILES string of the molecule is NNc1ccccc1S(=O)(=O)N(CC1CC1)C1CC1. The molecule has 2 aliphatic carbocycles. The van der Waals surface area contributed by atoms with Gasteiger partial charge in [0.15, 0.2) is 0 Å². The van der Waals surface area contributed by atoms with E-state index in [9.17, 15) is 8.42 Å². The predicted molar refractivity (Wildman–Crippen MR) is 73.9 cm³/mol. The van der Waals surface area contributed by atoms with Crippen molar-refractivity contribution < 1.29 is 8.42 Å². The maximum absolute atomic E-state index is 12.8. The molecule has 2 aliphatic rings. The second-order valence-electron chi connectivity index (χ2n) is 5.39. The Morgan fingerprint density at radius 2 is 1.89 bits per heavy atom. The van der Waals surface area contributed by atoms with E-state index >= 15 is 0 Å². The topological polar surface area (TPSA) is 75.4 Å². The van der Waals surface area contributed by atoms with Crippen molar-refractivity contribution in [3.05, 3.63) is 24.3 Å². The minimum absolute atomic E-state index is 0.191. The molecule has 0 spiro atoms. The molecule has 2 fully saturated rings. The molecular weight excluding hydrogens is 262 g/mol. The van der Waals surface area contributed by atoms with Crippen LogP contribution < -0.4 is 11.3 Å². The molecular formula is C13H19N3O2S. The number of anilines is 1. The molecule has 1 aromatic carbocycles. The van der Waals surface area contributed by atoms with Crippen LogP contribution in [-0.2, 0) is 10.0 Å². The molecule has 0 amide bonds. The Balaban J connectivity index is 1.94. The number of nitrogens with one attached hydrogen (secondary N) is 1. The zero-order valence-corrected chi connectivity index (χ0v) is 11.6. The van der Waals surface area contributed by atoms with E-state index in [0.717, 1.165) is 25.7 Å². The molecule has 2 saturated carbocycles. The van der Waals surface area contributed by atoms with Gasteiger partial charge in [0, 0.05) is 12.6 Å². The zero-order chi connectivity index (χ0) is 13.5. The lowest BCUT2D eigenvalue weighted by atomic mass is 10.3. The molecule has 0 aliphatic heterocycles. The van der Waals surface area contributed by atoms with Gasteiger partial charge >= 0.3 is 0 Å². The summed E-state index contributed by atoms with van der Waals surface area (Å²) >= 11 is 0. The summed E-state index contributed by atoms with van der Waals surface area (Å²) in [6, 6.07) is 7.01. The number of rotatable bonds is 6. The van der Waals surface area contributed by atoms with Crippen molar-refractivity contribution in [2.24, 2.45) is 11.8 Å². The van der Waals surface area contributed by atoms with Crippen molar-refractivity contribution in [2.75, 3.05) is 12.0 Å². The Bertz CT molecular complexity index is 565. The molecule has 19 heavy (non-hydrogen) atoms. The van der Waals surface area contributed by atoms with Crippen LogP contribution in [0.15, 0.2) is 29.2 Å². The predicted octanol–water partition coefficient (Wildman–Crippen LogP) is 1.54. The van der Waals surface area contributed by atoms with Gasteiger partial charge in [-0.05, 0) is 43.7 Å². The number of nitrogen functional groups attached to an aromatic ring is 1. The van der Waals surface area contributed by atoms with E-state index in [1.165, 1.54) is 0 Å². The van der Waals surface area contributed by atoms with E-state index in [1.807, 2.05) is 0 Å². The second kappa shape index (κ2) is 4.77. The lowest BCUT2D eigenvalue weighted by Crippen LogP contribution is -2.35. The first-order valence-corrected chi connectivity index (χ1v) is 8.14. The average Bonchev–Trinajstić information content (AvgIpc) is 3.28. The van der Waals surface area contributed by atoms with Crippen LogP contribution in [0.25, 0.3) is 0 Å². The molecule has 0 saturated heterocycles. The molecule has 0 heterocycles. The lowest BCUT2D eigenvalue weighted by Gasteiger charge is -2.23. The van der Waals surface area contributed by atoms with Crippen LogP contribution in [0, 0.1) is 5.92 Å². The van der Waals surface area contributed by atoms with Gasteiger partial charge in [0.1, 0.15) is 4.90 Å². The Morgan fingerprint density at radius 3 is 2.47 bits per heavy atom. The third-order valence-corrected chi connectivity index (χ3v) is 5.69. The van der Waals surface area contributed by atoms with Crippen LogP contribution in [0.2, 0.25) is 0 Å². The van der Waals surface area contributed by atoms with Crippen molar-refractivity contribution in [3.63, 3.8) is 0 Å². The Morgan fingerprint density at radius 1 is 1.21 bits per heavy atom. The highest BCUT2D eigenvalue weighted by Gasteiger charge is 2.41. The van der Waals surface area contributed by atoms with E-state index in [4.69, 9.17) is 5.84 Å². The molecule has 1 aromatic rings. The number of hydrogen-bond donors (Lipinski definition) is 2. The molecule has 104 valence electrons. The molecule has 0 radical (unpaired) electrons. The third-order valence-electron chi connectivity index (χ3n) is 3.72. The maximum atomic E-state index is 12.8. The number of sulfonamides is 1. The number of hydrazine groups is 1. The first-order valence-electron chi connectivity index (χ1n) is 6.70.